The Kier molecular flexibility index (Phi) is 8.41. The normalized spacial score (nSPS) is 15.4. The fourth-order valence-electron chi connectivity index (χ4n) is 4.97. The molecule has 14 heteroatoms. The van der Waals surface area contributed by atoms with Gasteiger partial charge in [0.15, 0.2) is 5.82 Å². The summed E-state index contributed by atoms with van der Waals surface area (Å²) in [6.07, 6.45) is 8.30. The van der Waals surface area contributed by atoms with Gasteiger partial charge in [0.25, 0.3) is 12.3 Å². The Hall–Kier alpha value is -4.10. The van der Waals surface area contributed by atoms with Gasteiger partial charge in [-0.15, -0.1) is 0 Å². The summed E-state index contributed by atoms with van der Waals surface area (Å²) in [5.74, 6) is -1.15. The average molecular weight is 601 g/mol. The number of alkyl halides is 2. The van der Waals surface area contributed by atoms with Crippen LogP contribution < -0.4 is 10.2 Å². The molecule has 220 valence electrons. The number of nitrogens with zero attached hydrogens (tertiary/aromatic N) is 7. The van der Waals surface area contributed by atoms with Crippen molar-refractivity contribution in [2.45, 2.75) is 57.7 Å². The Morgan fingerprint density at radius 1 is 1.19 bits per heavy atom. The highest BCUT2D eigenvalue weighted by Gasteiger charge is 2.31. The lowest BCUT2D eigenvalue weighted by atomic mass is 9.98. The van der Waals surface area contributed by atoms with Crippen LogP contribution in [0.1, 0.15) is 61.2 Å². The number of hydrogen-bond acceptors (Lipinski definition) is 8. The fourth-order valence-corrected chi connectivity index (χ4v) is 5.12. The maximum atomic E-state index is 14.7. The molecule has 4 aromatic rings. The maximum absolute atomic E-state index is 14.7. The van der Waals surface area contributed by atoms with Crippen molar-refractivity contribution in [3.8, 4) is 11.3 Å². The summed E-state index contributed by atoms with van der Waals surface area (Å²) in [4.78, 5) is 32.0. The average Bonchev–Trinajstić information content (AvgIpc) is 3.58. The van der Waals surface area contributed by atoms with E-state index in [0.717, 1.165) is 49.5 Å². The molecule has 0 saturated carbocycles. The molecule has 10 nitrogen and oxygen atoms in total. The Labute approximate surface area is 244 Å². The lowest BCUT2D eigenvalue weighted by Crippen LogP contribution is -2.37. The van der Waals surface area contributed by atoms with Crippen molar-refractivity contribution in [1.82, 2.24) is 29.7 Å². The smallest absolute Gasteiger partial charge is 0.275 e. The van der Waals surface area contributed by atoms with E-state index in [1.165, 1.54) is 6.20 Å². The van der Waals surface area contributed by atoms with Crippen LogP contribution >= 0.6 is 11.6 Å². The molecule has 1 saturated heterocycles. The van der Waals surface area contributed by atoms with Crippen LogP contribution in [0.2, 0.25) is 5.02 Å². The van der Waals surface area contributed by atoms with E-state index in [4.69, 9.17) is 11.6 Å². The van der Waals surface area contributed by atoms with Crippen molar-refractivity contribution in [3.63, 3.8) is 0 Å². The van der Waals surface area contributed by atoms with Gasteiger partial charge >= 0.3 is 0 Å². The minimum atomic E-state index is -2.99. The third-order valence-corrected chi connectivity index (χ3v) is 7.07. The molecule has 42 heavy (non-hydrogen) atoms. The molecule has 1 unspecified atom stereocenters. The molecule has 1 aliphatic rings. The summed E-state index contributed by atoms with van der Waals surface area (Å²) in [5, 5.41) is 16.7. The second-order valence-corrected chi connectivity index (χ2v) is 11.1. The highest BCUT2D eigenvalue weighted by atomic mass is 35.5. The standard InChI is InChI=1S/C28H28ClF3N8O2/c1-28(2,42)8-18-4-3-7-40(18)27-34-9-16(10-35-27)14-39-15-17(11-36-39)37-26(41)22-13-33-12-21(38-22)23-19(25(31)32)5-6-20(29)24(23)30/h5-6,9-13,15,18,25,42H,3-4,7-8,14H2,1-2H3,(H,37,41). The maximum Gasteiger partial charge on any atom is 0.275 e. The predicted molar refractivity (Wildman–Crippen MR) is 150 cm³/mol. The van der Waals surface area contributed by atoms with Gasteiger partial charge < -0.3 is 15.3 Å². The molecule has 3 aromatic heterocycles. The molecule has 4 heterocycles. The molecule has 1 atom stereocenters. The van der Waals surface area contributed by atoms with Gasteiger partial charge in [0.2, 0.25) is 5.95 Å². The van der Waals surface area contributed by atoms with Gasteiger partial charge in [0.05, 0.1) is 47.1 Å². The molecular weight excluding hydrogens is 573 g/mol. The van der Waals surface area contributed by atoms with Gasteiger partial charge in [-0.05, 0) is 39.2 Å². The van der Waals surface area contributed by atoms with E-state index in [1.807, 2.05) is 0 Å². The Balaban J connectivity index is 1.25. The van der Waals surface area contributed by atoms with Gasteiger partial charge in [-0.25, -0.2) is 28.1 Å². The van der Waals surface area contributed by atoms with Gasteiger partial charge in [-0.1, -0.05) is 17.7 Å². The number of carbonyl (C=O) groups is 1. The zero-order chi connectivity index (χ0) is 30.0. The second-order valence-electron chi connectivity index (χ2n) is 10.7. The summed E-state index contributed by atoms with van der Waals surface area (Å²) in [6, 6.07) is 2.22. The van der Waals surface area contributed by atoms with Gasteiger partial charge in [-0.3, -0.25) is 14.5 Å². The summed E-state index contributed by atoms with van der Waals surface area (Å²) in [6.45, 7) is 4.76. The predicted octanol–water partition coefficient (Wildman–Crippen LogP) is 5.29. The number of amides is 1. The van der Waals surface area contributed by atoms with Crippen molar-refractivity contribution in [3.05, 3.63) is 77.0 Å². The number of anilines is 2. The number of nitrogens with one attached hydrogen (secondary N) is 1. The van der Waals surface area contributed by atoms with Crippen LogP contribution in [0.5, 0.6) is 0 Å². The Morgan fingerprint density at radius 2 is 1.95 bits per heavy atom. The molecule has 1 amide bonds. The highest BCUT2D eigenvalue weighted by Crippen LogP contribution is 2.35. The van der Waals surface area contributed by atoms with Crippen LogP contribution in [0.15, 0.2) is 49.3 Å². The third-order valence-electron chi connectivity index (χ3n) is 6.78. The largest absolute Gasteiger partial charge is 0.390 e. The van der Waals surface area contributed by atoms with E-state index < -0.39 is 34.9 Å². The molecule has 0 bridgehead atoms. The second kappa shape index (κ2) is 12.0. The number of halogens is 4. The van der Waals surface area contributed by atoms with Gasteiger partial charge in [0, 0.05) is 47.9 Å². The number of aliphatic hydroxyl groups is 1. The first-order chi connectivity index (χ1) is 20.0. The van der Waals surface area contributed by atoms with Crippen molar-refractivity contribution >= 4 is 29.1 Å². The van der Waals surface area contributed by atoms with Gasteiger partial charge in [-0.2, -0.15) is 5.10 Å². The van der Waals surface area contributed by atoms with Crippen LogP contribution in [-0.2, 0) is 6.54 Å². The van der Waals surface area contributed by atoms with Crippen LogP contribution in [0.4, 0.5) is 24.8 Å². The number of carbonyl (C=O) groups excluding carboxylic acids is 1. The van der Waals surface area contributed by atoms with Crippen LogP contribution in [0.25, 0.3) is 11.3 Å². The molecule has 1 fully saturated rings. The molecule has 1 aromatic carbocycles. The highest BCUT2D eigenvalue weighted by molar-refractivity contribution is 6.31. The minimum absolute atomic E-state index is 0.175. The lowest BCUT2D eigenvalue weighted by Gasteiger charge is -2.29. The zero-order valence-electron chi connectivity index (χ0n) is 22.8. The topological polar surface area (TPSA) is 122 Å². The summed E-state index contributed by atoms with van der Waals surface area (Å²) < 4.78 is 43.3. The Bertz CT molecular complexity index is 1580. The first kappa shape index (κ1) is 29.4. The Morgan fingerprint density at radius 3 is 2.67 bits per heavy atom. The zero-order valence-corrected chi connectivity index (χ0v) is 23.6. The molecule has 5 rings (SSSR count). The minimum Gasteiger partial charge on any atom is -0.390 e. The van der Waals surface area contributed by atoms with Crippen LogP contribution in [-0.4, -0.2) is 58.9 Å². The number of hydrogen-bond donors (Lipinski definition) is 2. The molecule has 0 aliphatic carbocycles. The van der Waals surface area contributed by atoms with Crippen molar-refractivity contribution in [2.75, 3.05) is 16.8 Å². The monoisotopic (exact) mass is 600 g/mol. The van der Waals surface area contributed by atoms with E-state index in [9.17, 15) is 23.1 Å². The molecule has 2 N–H and O–H groups in total. The van der Waals surface area contributed by atoms with Crippen molar-refractivity contribution in [1.29, 1.82) is 0 Å². The fraction of sp³-hybridized carbons (Fsp3) is 0.357. The SMILES string of the molecule is CC(C)(O)CC1CCCN1c1ncc(Cn2cc(NC(=O)c3cncc(-c4c(C(F)F)ccc(Cl)c4F)n3)cn2)cn1. The molecule has 1 aliphatic heterocycles. The van der Waals surface area contributed by atoms with Gasteiger partial charge in [0.1, 0.15) is 5.69 Å². The quantitative estimate of drug-likeness (QED) is 0.266. The van der Waals surface area contributed by atoms with E-state index >= 15 is 0 Å². The van der Waals surface area contributed by atoms with Crippen molar-refractivity contribution < 1.29 is 23.1 Å². The lowest BCUT2D eigenvalue weighted by molar-refractivity contribution is 0.0638. The first-order valence-corrected chi connectivity index (χ1v) is 13.6. The van der Waals surface area contributed by atoms with E-state index in [1.54, 1.807) is 37.1 Å². The number of aromatic nitrogens is 6. The van der Waals surface area contributed by atoms with E-state index in [2.05, 4.69) is 35.3 Å². The molecule has 0 spiro atoms. The summed E-state index contributed by atoms with van der Waals surface area (Å²) in [5.41, 5.74) is -1.24. The number of benzene rings is 1. The molecule has 0 radical (unpaired) electrons. The molecular formula is C28H28ClF3N8O2. The third kappa shape index (κ3) is 6.68. The van der Waals surface area contributed by atoms with Crippen LogP contribution in [0, 0.1) is 5.82 Å². The van der Waals surface area contributed by atoms with E-state index in [-0.39, 0.29) is 22.5 Å². The first-order valence-electron chi connectivity index (χ1n) is 13.2. The van der Waals surface area contributed by atoms with E-state index in [0.29, 0.717) is 24.6 Å². The summed E-state index contributed by atoms with van der Waals surface area (Å²) in [7, 11) is 0. The van der Waals surface area contributed by atoms with Crippen LogP contribution in [0.3, 0.4) is 0 Å². The number of rotatable bonds is 9. The summed E-state index contributed by atoms with van der Waals surface area (Å²) >= 11 is 5.80. The van der Waals surface area contributed by atoms with Crippen molar-refractivity contribution in [2.24, 2.45) is 0 Å².